The molecule has 0 radical (unpaired) electrons. The highest BCUT2D eigenvalue weighted by Crippen LogP contribution is 2.51. The number of carbonyl (C=O) groups is 1. The number of nitrogens with one attached hydrogen (secondary N) is 1. The van der Waals surface area contributed by atoms with E-state index >= 15 is 0 Å². The Morgan fingerprint density at radius 1 is 1.35 bits per heavy atom. The molecule has 1 amide bonds. The van der Waals surface area contributed by atoms with Crippen molar-refractivity contribution in [3.63, 3.8) is 0 Å². The van der Waals surface area contributed by atoms with Gasteiger partial charge in [0.1, 0.15) is 0 Å². The first-order valence-corrected chi connectivity index (χ1v) is 7.79. The number of amides is 1. The summed E-state index contributed by atoms with van der Waals surface area (Å²) in [5, 5.41) is 4.21. The molecule has 1 saturated heterocycles. The van der Waals surface area contributed by atoms with Crippen molar-refractivity contribution in [2.75, 3.05) is 19.6 Å². The second-order valence-electron chi connectivity index (χ2n) is 5.66. The van der Waals surface area contributed by atoms with Crippen LogP contribution < -0.4 is 5.32 Å². The van der Waals surface area contributed by atoms with Crippen LogP contribution in [-0.2, 0) is 11.3 Å². The van der Waals surface area contributed by atoms with Crippen molar-refractivity contribution in [3.8, 4) is 0 Å². The van der Waals surface area contributed by atoms with Crippen LogP contribution in [0.2, 0.25) is 10.0 Å². The van der Waals surface area contributed by atoms with Crippen molar-refractivity contribution >= 4 is 29.1 Å². The van der Waals surface area contributed by atoms with Crippen LogP contribution in [0.5, 0.6) is 0 Å². The van der Waals surface area contributed by atoms with Gasteiger partial charge in [-0.15, -0.1) is 0 Å². The summed E-state index contributed by atoms with van der Waals surface area (Å²) in [7, 11) is 0. The van der Waals surface area contributed by atoms with E-state index in [9.17, 15) is 4.79 Å². The largest absolute Gasteiger partial charge is 0.352 e. The molecular formula is C15H18Cl2N2O. The molecule has 3 rings (SSSR count). The van der Waals surface area contributed by atoms with E-state index in [2.05, 4.69) is 17.1 Å². The van der Waals surface area contributed by atoms with E-state index in [0.29, 0.717) is 28.4 Å². The Morgan fingerprint density at radius 3 is 2.65 bits per heavy atom. The monoisotopic (exact) mass is 312 g/mol. The number of piperidine rings is 1. The van der Waals surface area contributed by atoms with Gasteiger partial charge in [0.15, 0.2) is 0 Å². The topological polar surface area (TPSA) is 32.3 Å². The molecule has 1 heterocycles. The van der Waals surface area contributed by atoms with E-state index in [4.69, 9.17) is 23.2 Å². The molecule has 108 valence electrons. The first kappa shape index (κ1) is 14.2. The molecule has 0 aromatic heterocycles. The second-order valence-corrected chi connectivity index (χ2v) is 6.50. The lowest BCUT2D eigenvalue weighted by molar-refractivity contribution is -0.123. The van der Waals surface area contributed by atoms with Gasteiger partial charge in [-0.1, -0.05) is 36.2 Å². The number of rotatable bonds is 4. The molecule has 1 aromatic rings. The Hall–Kier alpha value is -0.770. The normalized spacial score (nSPS) is 28.2. The molecule has 20 heavy (non-hydrogen) atoms. The number of nitrogens with zero attached hydrogens (tertiary/aromatic N) is 1. The zero-order valence-corrected chi connectivity index (χ0v) is 12.9. The average Bonchev–Trinajstić information content (AvgIpc) is 2.92. The standard InChI is InChI=1S/C15H18Cl2N2O/c1-2-19-7-11-12(8-19)14(11)15(20)18-6-9-3-4-10(16)5-13(9)17/h3-5,11-12,14H,2,6-8H2,1H3,(H,18,20). The van der Waals surface area contributed by atoms with Gasteiger partial charge >= 0.3 is 0 Å². The summed E-state index contributed by atoms with van der Waals surface area (Å²) >= 11 is 12.0. The summed E-state index contributed by atoms with van der Waals surface area (Å²) in [6, 6.07) is 5.35. The lowest BCUT2D eigenvalue weighted by atomic mass is 10.2. The van der Waals surface area contributed by atoms with Crippen LogP contribution in [0.1, 0.15) is 12.5 Å². The number of halogens is 2. The van der Waals surface area contributed by atoms with Crippen molar-refractivity contribution < 1.29 is 4.79 Å². The minimum absolute atomic E-state index is 0.168. The van der Waals surface area contributed by atoms with Crippen molar-refractivity contribution in [1.82, 2.24) is 10.2 Å². The Labute approximate surface area is 129 Å². The Kier molecular flexibility index (Phi) is 3.93. The predicted octanol–water partition coefficient (Wildman–Crippen LogP) is 2.81. The van der Waals surface area contributed by atoms with Crippen molar-refractivity contribution in [2.24, 2.45) is 17.8 Å². The number of hydrogen-bond acceptors (Lipinski definition) is 2. The highest BCUT2D eigenvalue weighted by atomic mass is 35.5. The molecule has 5 heteroatoms. The third kappa shape index (κ3) is 2.67. The zero-order chi connectivity index (χ0) is 14.3. The van der Waals surface area contributed by atoms with E-state index in [0.717, 1.165) is 25.2 Å². The number of fused-ring (bicyclic) bond motifs is 1. The Morgan fingerprint density at radius 2 is 2.05 bits per heavy atom. The van der Waals surface area contributed by atoms with Crippen LogP contribution in [-0.4, -0.2) is 30.4 Å². The fraction of sp³-hybridized carbons (Fsp3) is 0.533. The van der Waals surface area contributed by atoms with Gasteiger partial charge in [0, 0.05) is 35.6 Å². The fourth-order valence-electron chi connectivity index (χ4n) is 3.23. The Balaban J connectivity index is 1.52. The van der Waals surface area contributed by atoms with E-state index in [1.54, 1.807) is 12.1 Å². The third-order valence-corrected chi connectivity index (χ3v) is 5.07. The van der Waals surface area contributed by atoms with Gasteiger partial charge < -0.3 is 10.2 Å². The van der Waals surface area contributed by atoms with Gasteiger partial charge in [-0.05, 0) is 36.1 Å². The van der Waals surface area contributed by atoms with Crippen molar-refractivity contribution in [3.05, 3.63) is 33.8 Å². The molecule has 1 aliphatic heterocycles. The van der Waals surface area contributed by atoms with Gasteiger partial charge in [-0.25, -0.2) is 0 Å². The first-order chi connectivity index (χ1) is 9.60. The molecular weight excluding hydrogens is 295 g/mol. The van der Waals surface area contributed by atoms with E-state index < -0.39 is 0 Å². The molecule has 0 bridgehead atoms. The molecule has 1 aromatic carbocycles. The number of hydrogen-bond donors (Lipinski definition) is 1. The van der Waals surface area contributed by atoms with E-state index in [-0.39, 0.29) is 11.8 Å². The number of likely N-dealkylation sites (tertiary alicyclic amines) is 1. The summed E-state index contributed by atoms with van der Waals surface area (Å²) in [4.78, 5) is 14.6. The lowest BCUT2D eigenvalue weighted by Crippen LogP contribution is -2.31. The van der Waals surface area contributed by atoms with Crippen LogP contribution in [0.3, 0.4) is 0 Å². The van der Waals surface area contributed by atoms with Crippen LogP contribution in [0.4, 0.5) is 0 Å². The summed E-state index contributed by atoms with van der Waals surface area (Å²) in [6.07, 6.45) is 0. The maximum Gasteiger partial charge on any atom is 0.224 e. The maximum atomic E-state index is 12.2. The smallest absolute Gasteiger partial charge is 0.224 e. The lowest BCUT2D eigenvalue weighted by Gasteiger charge is -2.16. The van der Waals surface area contributed by atoms with Crippen LogP contribution in [0, 0.1) is 17.8 Å². The summed E-state index contributed by atoms with van der Waals surface area (Å²) in [6.45, 7) is 5.87. The van der Waals surface area contributed by atoms with Crippen molar-refractivity contribution in [1.29, 1.82) is 0 Å². The molecule has 2 unspecified atom stereocenters. The highest BCUT2D eigenvalue weighted by Gasteiger charge is 2.58. The van der Waals surface area contributed by atoms with Gasteiger partial charge in [-0.3, -0.25) is 4.79 Å². The first-order valence-electron chi connectivity index (χ1n) is 7.04. The minimum atomic E-state index is 0.168. The third-order valence-electron chi connectivity index (χ3n) is 4.49. The average molecular weight is 313 g/mol. The summed E-state index contributed by atoms with van der Waals surface area (Å²) in [5.74, 6) is 1.51. The maximum absolute atomic E-state index is 12.2. The number of benzene rings is 1. The Bertz CT molecular complexity index is 523. The molecule has 1 aliphatic carbocycles. The van der Waals surface area contributed by atoms with Gasteiger partial charge in [0.05, 0.1) is 0 Å². The SMILES string of the molecule is CCN1CC2C(C1)C2C(=O)NCc1ccc(Cl)cc1Cl. The fourth-order valence-corrected chi connectivity index (χ4v) is 3.70. The van der Waals surface area contributed by atoms with E-state index in [1.165, 1.54) is 0 Å². The number of carbonyl (C=O) groups excluding carboxylic acids is 1. The van der Waals surface area contributed by atoms with Crippen molar-refractivity contribution in [2.45, 2.75) is 13.5 Å². The highest BCUT2D eigenvalue weighted by molar-refractivity contribution is 6.35. The molecule has 1 N–H and O–H groups in total. The van der Waals surface area contributed by atoms with Crippen LogP contribution in [0.15, 0.2) is 18.2 Å². The van der Waals surface area contributed by atoms with Gasteiger partial charge in [0.25, 0.3) is 0 Å². The predicted molar refractivity (Wildman–Crippen MR) is 80.9 cm³/mol. The summed E-state index contributed by atoms with van der Waals surface area (Å²) in [5.41, 5.74) is 0.908. The molecule has 1 saturated carbocycles. The molecule has 3 nitrogen and oxygen atoms in total. The molecule has 2 atom stereocenters. The van der Waals surface area contributed by atoms with Gasteiger partial charge in [0.2, 0.25) is 5.91 Å². The molecule has 0 spiro atoms. The van der Waals surface area contributed by atoms with Gasteiger partial charge in [-0.2, -0.15) is 0 Å². The minimum Gasteiger partial charge on any atom is -0.352 e. The quantitative estimate of drug-likeness (QED) is 0.927. The molecule has 2 fully saturated rings. The molecule has 2 aliphatic rings. The summed E-state index contributed by atoms with van der Waals surface area (Å²) < 4.78 is 0. The van der Waals surface area contributed by atoms with Crippen LogP contribution >= 0.6 is 23.2 Å². The van der Waals surface area contributed by atoms with E-state index in [1.807, 2.05) is 6.07 Å². The van der Waals surface area contributed by atoms with Crippen LogP contribution in [0.25, 0.3) is 0 Å². The zero-order valence-electron chi connectivity index (χ0n) is 11.4. The second kappa shape index (κ2) is 5.55.